The average molecular weight is 488 g/mol. The Hall–Kier alpha value is -2.71. The van der Waals surface area contributed by atoms with Crippen LogP contribution in [-0.4, -0.2) is 65.3 Å². The van der Waals surface area contributed by atoms with Gasteiger partial charge < -0.3 is 19.3 Å². The van der Waals surface area contributed by atoms with Crippen LogP contribution in [0.25, 0.3) is 0 Å². The molecule has 1 heterocycles. The van der Waals surface area contributed by atoms with Crippen molar-refractivity contribution in [3.05, 3.63) is 71.8 Å². The van der Waals surface area contributed by atoms with Gasteiger partial charge in [-0.2, -0.15) is 0 Å². The summed E-state index contributed by atoms with van der Waals surface area (Å²) in [6.07, 6.45) is 0.803. The molecule has 31 heavy (non-hydrogen) atoms. The highest BCUT2D eigenvalue weighted by molar-refractivity contribution is 9.09. The Morgan fingerprint density at radius 3 is 2.06 bits per heavy atom. The molecule has 8 heteroatoms. The van der Waals surface area contributed by atoms with E-state index in [9.17, 15) is 14.4 Å². The molecule has 1 aliphatic heterocycles. The molecule has 7 nitrogen and oxygen atoms in total. The molecule has 1 N–H and O–H groups in total. The van der Waals surface area contributed by atoms with Gasteiger partial charge in [-0.1, -0.05) is 76.6 Å². The van der Waals surface area contributed by atoms with Gasteiger partial charge >= 0.3 is 6.09 Å². The Kier molecular flexibility index (Phi) is 8.61. The van der Waals surface area contributed by atoms with Gasteiger partial charge in [0, 0.05) is 26.2 Å². The van der Waals surface area contributed by atoms with Gasteiger partial charge in [0.15, 0.2) is 0 Å². The van der Waals surface area contributed by atoms with E-state index in [1.54, 1.807) is 9.80 Å². The normalized spacial score (nSPS) is 15.8. The van der Waals surface area contributed by atoms with Crippen LogP contribution in [0.15, 0.2) is 60.7 Å². The number of rotatable bonds is 8. The molecule has 3 rings (SSSR count). The lowest BCUT2D eigenvalue weighted by Gasteiger charge is -2.36. The summed E-state index contributed by atoms with van der Waals surface area (Å²) in [6.45, 7) is 1.87. The monoisotopic (exact) mass is 487 g/mol. The number of hydrogen-bond donors (Lipinski definition) is 1. The highest BCUT2D eigenvalue weighted by Crippen LogP contribution is 2.12. The first kappa shape index (κ1) is 23.0. The third-order valence-electron chi connectivity index (χ3n) is 5.12. The quantitative estimate of drug-likeness (QED) is 0.351. The number of benzene rings is 2. The molecule has 2 atom stereocenters. The molecule has 2 aromatic carbocycles. The Balaban J connectivity index is 1.53. The summed E-state index contributed by atoms with van der Waals surface area (Å²) in [5.41, 5.74) is 1.93. The largest absolute Gasteiger partial charge is 0.445 e. The fourth-order valence-electron chi connectivity index (χ4n) is 3.44. The number of amides is 2. The van der Waals surface area contributed by atoms with Crippen LogP contribution in [0.2, 0.25) is 0 Å². The van der Waals surface area contributed by atoms with Crippen LogP contribution in [0.1, 0.15) is 11.1 Å². The second kappa shape index (κ2) is 11.6. The molecule has 1 aliphatic rings. The van der Waals surface area contributed by atoms with Crippen LogP contribution in [0.5, 0.6) is 0 Å². The lowest BCUT2D eigenvalue weighted by Crippen LogP contribution is -2.56. The van der Waals surface area contributed by atoms with Crippen molar-refractivity contribution < 1.29 is 19.1 Å². The maximum Gasteiger partial charge on any atom is 0.410 e. The van der Waals surface area contributed by atoms with E-state index >= 15 is 0 Å². The molecule has 1 fully saturated rings. The third kappa shape index (κ3) is 6.90. The number of hydrogen-bond acceptors (Lipinski definition) is 5. The van der Waals surface area contributed by atoms with Crippen molar-refractivity contribution >= 4 is 34.2 Å². The molecule has 1 unspecified atom stereocenters. The van der Waals surface area contributed by atoms with Crippen molar-refractivity contribution in [1.29, 1.82) is 0 Å². The maximum atomic E-state index is 13.1. The summed E-state index contributed by atoms with van der Waals surface area (Å²) in [5.74, 6) is -0.0903. The average Bonchev–Trinajstić information content (AvgIpc) is 2.83. The number of aldehydes is 1. The second-order valence-corrected chi connectivity index (χ2v) is 8.29. The topological polar surface area (TPSA) is 79.0 Å². The lowest BCUT2D eigenvalue weighted by atomic mass is 10.0. The molecule has 0 spiro atoms. The van der Waals surface area contributed by atoms with Gasteiger partial charge in [0.25, 0.3) is 0 Å². The predicted octanol–water partition coefficient (Wildman–Crippen LogP) is 2.59. The van der Waals surface area contributed by atoms with Crippen molar-refractivity contribution in [3.63, 3.8) is 0 Å². The van der Waals surface area contributed by atoms with Crippen molar-refractivity contribution in [2.75, 3.05) is 26.2 Å². The van der Waals surface area contributed by atoms with E-state index < -0.39 is 11.0 Å². The van der Waals surface area contributed by atoms with Crippen LogP contribution in [-0.2, 0) is 27.4 Å². The van der Waals surface area contributed by atoms with Crippen LogP contribution < -0.4 is 5.32 Å². The number of carbonyl (C=O) groups is 3. The zero-order valence-electron chi connectivity index (χ0n) is 17.2. The van der Waals surface area contributed by atoms with Crippen molar-refractivity contribution in [2.24, 2.45) is 0 Å². The van der Waals surface area contributed by atoms with E-state index in [0.29, 0.717) is 38.9 Å². The first-order valence-electron chi connectivity index (χ1n) is 10.2. The molecule has 0 saturated carbocycles. The van der Waals surface area contributed by atoms with Gasteiger partial charge in [-0.15, -0.1) is 0 Å². The fraction of sp³-hybridized carbons (Fsp3) is 0.348. The van der Waals surface area contributed by atoms with E-state index in [0.717, 1.165) is 11.1 Å². The molecular formula is C23H26BrN3O4. The molecule has 2 aromatic rings. The molecule has 0 aliphatic carbocycles. The third-order valence-corrected chi connectivity index (χ3v) is 5.60. The highest BCUT2D eigenvalue weighted by Gasteiger charge is 2.30. The number of nitrogens with zero attached hydrogens (tertiary/aromatic N) is 2. The number of halogens is 1. The Labute approximate surface area is 190 Å². The zero-order valence-corrected chi connectivity index (χ0v) is 18.7. The van der Waals surface area contributed by atoms with E-state index in [2.05, 4.69) is 21.2 Å². The van der Waals surface area contributed by atoms with Gasteiger partial charge in [-0.3, -0.25) is 10.1 Å². The number of carbonyl (C=O) groups excluding carboxylic acids is 3. The maximum absolute atomic E-state index is 13.1. The Bertz CT molecular complexity index is 858. The van der Waals surface area contributed by atoms with E-state index in [1.807, 2.05) is 60.7 Å². The van der Waals surface area contributed by atoms with Crippen LogP contribution in [0.4, 0.5) is 4.79 Å². The fourth-order valence-corrected chi connectivity index (χ4v) is 3.76. The van der Waals surface area contributed by atoms with Crippen LogP contribution >= 0.6 is 15.9 Å². The Morgan fingerprint density at radius 2 is 1.48 bits per heavy atom. The summed E-state index contributed by atoms with van der Waals surface area (Å²) in [7, 11) is 0. The first-order valence-corrected chi connectivity index (χ1v) is 11.1. The van der Waals surface area contributed by atoms with Crippen molar-refractivity contribution in [1.82, 2.24) is 15.1 Å². The standard InChI is InChI=1S/C23H26BrN3O4/c24-21(16-28)25-20(15-18-7-3-1-4-8-18)22(29)26-11-13-27(14-12-26)23(30)31-17-19-9-5-2-6-10-19/h1-10,16,20-21,25H,11-15,17H2/t20-,21?/m0/s1. The highest BCUT2D eigenvalue weighted by atomic mass is 79.9. The van der Waals surface area contributed by atoms with Crippen molar-refractivity contribution in [3.8, 4) is 0 Å². The number of alkyl halides is 1. The number of nitrogens with one attached hydrogen (secondary N) is 1. The lowest BCUT2D eigenvalue weighted by molar-refractivity contribution is -0.135. The molecule has 0 bridgehead atoms. The second-order valence-electron chi connectivity index (χ2n) is 7.30. The summed E-state index contributed by atoms with van der Waals surface area (Å²) < 4.78 is 5.38. The summed E-state index contributed by atoms with van der Waals surface area (Å²) in [6, 6.07) is 18.6. The predicted molar refractivity (Wildman–Crippen MR) is 121 cm³/mol. The summed E-state index contributed by atoms with van der Waals surface area (Å²) in [4.78, 5) is 39.3. The van der Waals surface area contributed by atoms with Gasteiger partial charge in [0.1, 0.15) is 17.8 Å². The Morgan fingerprint density at radius 1 is 0.935 bits per heavy atom. The minimum absolute atomic E-state index is 0.0903. The number of piperazine rings is 1. The molecular weight excluding hydrogens is 462 g/mol. The minimum atomic E-state index is -0.612. The summed E-state index contributed by atoms with van der Waals surface area (Å²) in [5, 5.41) is 3.04. The zero-order chi connectivity index (χ0) is 22.1. The van der Waals surface area contributed by atoms with Crippen molar-refractivity contribution in [2.45, 2.75) is 24.0 Å². The van der Waals surface area contributed by atoms with E-state index in [4.69, 9.17) is 4.74 Å². The first-order chi connectivity index (χ1) is 15.1. The SMILES string of the molecule is O=CC(Br)N[C@@H](Cc1ccccc1)C(=O)N1CCN(C(=O)OCc2ccccc2)CC1. The van der Waals surface area contributed by atoms with E-state index in [1.165, 1.54) is 0 Å². The molecule has 1 saturated heterocycles. The minimum Gasteiger partial charge on any atom is -0.445 e. The molecule has 0 radical (unpaired) electrons. The van der Waals surface area contributed by atoms with Gasteiger partial charge in [0.2, 0.25) is 5.91 Å². The summed E-state index contributed by atoms with van der Waals surface area (Å²) >= 11 is 3.23. The van der Waals surface area contributed by atoms with Gasteiger partial charge in [-0.25, -0.2) is 4.79 Å². The molecule has 0 aromatic heterocycles. The molecule has 2 amide bonds. The van der Waals surface area contributed by atoms with Crippen LogP contribution in [0.3, 0.4) is 0 Å². The van der Waals surface area contributed by atoms with Crippen LogP contribution in [0, 0.1) is 0 Å². The van der Waals surface area contributed by atoms with E-state index in [-0.39, 0.29) is 18.6 Å². The van der Waals surface area contributed by atoms with Gasteiger partial charge in [-0.05, 0) is 17.5 Å². The van der Waals surface area contributed by atoms with Gasteiger partial charge in [0.05, 0.1) is 6.04 Å². The number of ether oxygens (including phenoxy) is 1. The smallest absolute Gasteiger partial charge is 0.410 e. The molecule has 164 valence electrons.